The van der Waals surface area contributed by atoms with E-state index >= 15 is 0 Å². The lowest BCUT2D eigenvalue weighted by Crippen LogP contribution is -2.06. The molecule has 0 aromatic rings. The van der Waals surface area contributed by atoms with Gasteiger partial charge < -0.3 is 24.4 Å². The third-order valence-electron chi connectivity index (χ3n) is 1.71. The Morgan fingerprint density at radius 3 is 1.76 bits per heavy atom. The molecule has 0 unspecified atom stereocenters. The predicted octanol–water partition coefficient (Wildman–Crippen LogP) is 0.827. The highest BCUT2D eigenvalue weighted by Gasteiger charge is 1.84. The van der Waals surface area contributed by atoms with Crippen molar-refractivity contribution in [1.82, 2.24) is 0 Å². The van der Waals surface area contributed by atoms with E-state index in [9.17, 15) is 0 Å². The van der Waals surface area contributed by atoms with Crippen molar-refractivity contribution in [2.75, 3.05) is 52.9 Å². The summed E-state index contributed by atoms with van der Waals surface area (Å²) in [7, 11) is 0. The third kappa shape index (κ3) is 25.8. The fourth-order valence-electron chi connectivity index (χ4n) is 0.889. The third-order valence-corrected chi connectivity index (χ3v) is 1.71. The van der Waals surface area contributed by atoms with Crippen molar-refractivity contribution in [3.05, 3.63) is 0 Å². The van der Waals surface area contributed by atoms with Gasteiger partial charge in [-0.2, -0.15) is 0 Å². The molecule has 0 saturated carbocycles. The van der Waals surface area contributed by atoms with E-state index in [1.165, 1.54) is 0 Å². The first-order valence-electron chi connectivity index (χ1n) is 6.28. The SMILES string of the molecule is CCOCCCCO.CCOCCOCCO. The van der Waals surface area contributed by atoms with Crippen molar-refractivity contribution in [3.63, 3.8) is 0 Å². The fourth-order valence-corrected chi connectivity index (χ4v) is 0.889. The first-order valence-corrected chi connectivity index (χ1v) is 6.28. The lowest BCUT2D eigenvalue weighted by molar-refractivity contribution is 0.0370. The van der Waals surface area contributed by atoms with Crippen LogP contribution in [0.15, 0.2) is 0 Å². The van der Waals surface area contributed by atoms with Crippen LogP contribution in [0.2, 0.25) is 0 Å². The maximum Gasteiger partial charge on any atom is 0.0701 e. The Kier molecular flexibility index (Phi) is 23.8. The minimum Gasteiger partial charge on any atom is -0.396 e. The van der Waals surface area contributed by atoms with Crippen molar-refractivity contribution in [1.29, 1.82) is 0 Å². The molecule has 5 heteroatoms. The van der Waals surface area contributed by atoms with Gasteiger partial charge in [-0.05, 0) is 26.7 Å². The lowest BCUT2D eigenvalue weighted by atomic mass is 10.3. The predicted molar refractivity (Wildman–Crippen MR) is 67.2 cm³/mol. The van der Waals surface area contributed by atoms with Crippen LogP contribution in [0.25, 0.3) is 0 Å². The van der Waals surface area contributed by atoms with E-state index in [4.69, 9.17) is 24.4 Å². The minimum absolute atomic E-state index is 0.0894. The normalized spacial score (nSPS) is 9.88. The quantitative estimate of drug-likeness (QED) is 0.533. The Bertz CT molecular complexity index is 99.1. The average molecular weight is 252 g/mol. The molecule has 0 aromatic carbocycles. The molecule has 0 amide bonds. The molecule has 0 aromatic heterocycles. The van der Waals surface area contributed by atoms with E-state index < -0.39 is 0 Å². The molecule has 0 fully saturated rings. The van der Waals surface area contributed by atoms with Gasteiger partial charge in [-0.1, -0.05) is 0 Å². The van der Waals surface area contributed by atoms with Crippen LogP contribution in [0.4, 0.5) is 0 Å². The summed E-state index contributed by atoms with van der Waals surface area (Å²) in [6.45, 7) is 8.19. The Hall–Kier alpha value is -0.200. The molecule has 0 radical (unpaired) electrons. The Morgan fingerprint density at radius 2 is 1.24 bits per heavy atom. The van der Waals surface area contributed by atoms with Gasteiger partial charge in [0, 0.05) is 26.4 Å². The molecule has 0 heterocycles. The van der Waals surface area contributed by atoms with Crippen LogP contribution in [0.3, 0.4) is 0 Å². The highest BCUT2D eigenvalue weighted by Crippen LogP contribution is 1.86. The summed E-state index contributed by atoms with van der Waals surface area (Å²) in [5.41, 5.74) is 0. The largest absolute Gasteiger partial charge is 0.396 e. The van der Waals surface area contributed by atoms with Crippen LogP contribution in [0.5, 0.6) is 0 Å². The van der Waals surface area contributed by atoms with Crippen molar-refractivity contribution in [3.8, 4) is 0 Å². The van der Waals surface area contributed by atoms with Crippen molar-refractivity contribution in [2.24, 2.45) is 0 Å². The summed E-state index contributed by atoms with van der Waals surface area (Å²) in [6.07, 6.45) is 1.84. The molecular weight excluding hydrogens is 224 g/mol. The molecule has 0 aliphatic heterocycles. The Morgan fingerprint density at radius 1 is 0.647 bits per heavy atom. The standard InChI is InChI=1S/C6H14O3.C6H14O2/c1-2-8-5-6-9-4-3-7;1-2-8-6-4-3-5-7/h7H,2-6H2,1H3;7H,2-6H2,1H3. The highest BCUT2D eigenvalue weighted by atomic mass is 16.5. The topological polar surface area (TPSA) is 68.2 Å². The zero-order chi connectivity index (χ0) is 13.2. The Labute approximate surface area is 105 Å². The summed E-state index contributed by atoms with van der Waals surface area (Å²) in [6, 6.07) is 0. The molecule has 5 nitrogen and oxygen atoms in total. The maximum absolute atomic E-state index is 8.31. The van der Waals surface area contributed by atoms with Crippen molar-refractivity contribution >= 4 is 0 Å². The van der Waals surface area contributed by atoms with Crippen molar-refractivity contribution < 1.29 is 24.4 Å². The van der Waals surface area contributed by atoms with Crippen LogP contribution in [-0.2, 0) is 14.2 Å². The van der Waals surface area contributed by atoms with E-state index in [1.54, 1.807) is 0 Å². The Balaban J connectivity index is 0. The second-order valence-corrected chi connectivity index (χ2v) is 3.16. The van der Waals surface area contributed by atoms with Gasteiger partial charge in [-0.3, -0.25) is 0 Å². The zero-order valence-electron chi connectivity index (χ0n) is 11.2. The van der Waals surface area contributed by atoms with Crippen LogP contribution < -0.4 is 0 Å². The number of unbranched alkanes of at least 4 members (excludes halogenated alkanes) is 1. The molecule has 17 heavy (non-hydrogen) atoms. The molecule has 2 N–H and O–H groups in total. The van der Waals surface area contributed by atoms with Gasteiger partial charge in [0.25, 0.3) is 0 Å². The highest BCUT2D eigenvalue weighted by molar-refractivity contribution is 4.33. The van der Waals surface area contributed by atoms with Gasteiger partial charge >= 0.3 is 0 Å². The van der Waals surface area contributed by atoms with E-state index in [0.29, 0.717) is 19.8 Å². The molecule has 106 valence electrons. The monoisotopic (exact) mass is 252 g/mol. The summed E-state index contributed by atoms with van der Waals surface area (Å²) in [5, 5.41) is 16.6. The molecule has 0 saturated heterocycles. The smallest absolute Gasteiger partial charge is 0.0701 e. The second-order valence-electron chi connectivity index (χ2n) is 3.16. The van der Waals surface area contributed by atoms with Gasteiger partial charge in [0.1, 0.15) is 0 Å². The van der Waals surface area contributed by atoms with E-state index in [1.807, 2.05) is 13.8 Å². The van der Waals surface area contributed by atoms with Gasteiger partial charge in [0.15, 0.2) is 0 Å². The number of ether oxygens (including phenoxy) is 3. The summed E-state index contributed by atoms with van der Waals surface area (Å²) in [4.78, 5) is 0. The fraction of sp³-hybridized carbons (Fsp3) is 1.00. The van der Waals surface area contributed by atoms with Gasteiger partial charge in [0.2, 0.25) is 0 Å². The number of aliphatic hydroxyl groups excluding tert-OH is 2. The molecule has 0 rings (SSSR count). The van der Waals surface area contributed by atoms with Gasteiger partial charge in [-0.15, -0.1) is 0 Å². The number of hydrogen-bond acceptors (Lipinski definition) is 5. The van der Waals surface area contributed by atoms with E-state index in [2.05, 4.69) is 0 Å². The molecule has 0 spiro atoms. The molecule has 0 aliphatic rings. The number of hydrogen-bond donors (Lipinski definition) is 2. The van der Waals surface area contributed by atoms with Gasteiger partial charge in [0.05, 0.1) is 26.4 Å². The van der Waals surface area contributed by atoms with E-state index in [0.717, 1.165) is 32.7 Å². The number of aliphatic hydroxyl groups is 2. The first-order chi connectivity index (χ1) is 8.33. The number of rotatable bonds is 11. The first kappa shape index (κ1) is 19.1. The van der Waals surface area contributed by atoms with Gasteiger partial charge in [-0.25, -0.2) is 0 Å². The van der Waals surface area contributed by atoms with E-state index in [-0.39, 0.29) is 13.2 Å². The molecule has 0 bridgehead atoms. The lowest BCUT2D eigenvalue weighted by Gasteiger charge is -2.00. The van der Waals surface area contributed by atoms with Crippen LogP contribution in [0, 0.1) is 0 Å². The van der Waals surface area contributed by atoms with Crippen molar-refractivity contribution in [2.45, 2.75) is 26.7 Å². The summed E-state index contributed by atoms with van der Waals surface area (Å²) >= 11 is 0. The molecular formula is C12H28O5. The minimum atomic E-state index is 0.0894. The second kappa shape index (κ2) is 21.1. The summed E-state index contributed by atoms with van der Waals surface area (Å²) in [5.74, 6) is 0. The van der Waals surface area contributed by atoms with Crippen LogP contribution in [0.1, 0.15) is 26.7 Å². The zero-order valence-corrected chi connectivity index (χ0v) is 11.2. The van der Waals surface area contributed by atoms with Crippen LogP contribution in [-0.4, -0.2) is 63.1 Å². The maximum atomic E-state index is 8.31. The molecule has 0 atom stereocenters. The summed E-state index contributed by atoms with van der Waals surface area (Å²) < 4.78 is 14.9. The van der Waals surface area contributed by atoms with Crippen LogP contribution >= 0.6 is 0 Å². The average Bonchev–Trinajstić information content (AvgIpc) is 2.36. The molecule has 0 aliphatic carbocycles.